The van der Waals surface area contributed by atoms with Gasteiger partial charge in [-0.25, -0.2) is 0 Å². The Morgan fingerprint density at radius 1 is 1.20 bits per heavy atom. The summed E-state index contributed by atoms with van der Waals surface area (Å²) in [7, 11) is 1.80. The van der Waals surface area contributed by atoms with Crippen LogP contribution in [0.2, 0.25) is 0 Å². The van der Waals surface area contributed by atoms with Crippen LogP contribution in [0.25, 0.3) is 0 Å². The lowest BCUT2D eigenvalue weighted by atomic mass is 10.2. The van der Waals surface area contributed by atoms with E-state index in [2.05, 4.69) is 5.32 Å². The smallest absolute Gasteiger partial charge is 0.238 e. The lowest BCUT2D eigenvalue weighted by Gasteiger charge is -2.20. The molecule has 0 aromatic heterocycles. The average Bonchev–Trinajstić information content (AvgIpc) is 2.55. The van der Waals surface area contributed by atoms with Gasteiger partial charge in [-0.15, -0.1) is 0 Å². The number of rotatable bonds is 9. The normalized spacial score (nSPS) is 12.2. The minimum Gasteiger partial charge on any atom is -0.389 e. The maximum absolute atomic E-state index is 12.0. The summed E-state index contributed by atoms with van der Waals surface area (Å²) < 4.78 is 5.52. The summed E-state index contributed by atoms with van der Waals surface area (Å²) in [6, 6.07) is 17.5. The van der Waals surface area contributed by atoms with Crippen molar-refractivity contribution in [2.24, 2.45) is 0 Å². The van der Waals surface area contributed by atoms with Crippen molar-refractivity contribution in [2.75, 3.05) is 32.1 Å². The van der Waals surface area contributed by atoms with E-state index in [0.717, 1.165) is 16.8 Å². The first kappa shape index (κ1) is 19.1. The van der Waals surface area contributed by atoms with Crippen LogP contribution in [-0.4, -0.2) is 48.8 Å². The van der Waals surface area contributed by atoms with E-state index in [9.17, 15) is 9.90 Å². The number of nitrogens with zero attached hydrogens (tertiary/aromatic N) is 1. The van der Waals surface area contributed by atoms with Crippen LogP contribution in [-0.2, 0) is 16.1 Å². The van der Waals surface area contributed by atoms with Crippen molar-refractivity contribution in [3.63, 3.8) is 0 Å². The molecule has 0 spiro atoms. The van der Waals surface area contributed by atoms with Crippen LogP contribution >= 0.6 is 0 Å². The number of ether oxygens (including phenoxy) is 1. The second kappa shape index (κ2) is 9.93. The molecule has 0 aliphatic carbocycles. The molecule has 0 fully saturated rings. The van der Waals surface area contributed by atoms with Gasteiger partial charge < -0.3 is 15.2 Å². The maximum Gasteiger partial charge on any atom is 0.238 e. The molecular formula is C20H26N2O3. The average molecular weight is 342 g/mol. The summed E-state index contributed by atoms with van der Waals surface area (Å²) in [5, 5.41) is 12.9. The highest BCUT2D eigenvalue weighted by atomic mass is 16.5. The molecule has 2 N–H and O–H groups in total. The van der Waals surface area contributed by atoms with Gasteiger partial charge in [0.25, 0.3) is 0 Å². The Kier molecular flexibility index (Phi) is 7.60. The number of hydrogen-bond donors (Lipinski definition) is 2. The Balaban J connectivity index is 1.66. The third kappa shape index (κ3) is 7.47. The zero-order chi connectivity index (χ0) is 18.1. The number of nitrogens with one attached hydrogen (secondary N) is 1. The third-order valence-electron chi connectivity index (χ3n) is 3.66. The highest BCUT2D eigenvalue weighted by Crippen LogP contribution is 2.09. The number of likely N-dealkylation sites (N-methyl/N-ethyl adjacent to an activating group) is 1. The van der Waals surface area contributed by atoms with Gasteiger partial charge in [-0.2, -0.15) is 0 Å². The van der Waals surface area contributed by atoms with Crippen LogP contribution in [0.5, 0.6) is 0 Å². The number of hydrogen-bond acceptors (Lipinski definition) is 4. The topological polar surface area (TPSA) is 61.8 Å². The van der Waals surface area contributed by atoms with Crippen molar-refractivity contribution in [1.82, 2.24) is 4.90 Å². The molecule has 0 heterocycles. The van der Waals surface area contributed by atoms with Crippen LogP contribution in [0, 0.1) is 6.92 Å². The van der Waals surface area contributed by atoms with E-state index in [1.807, 2.05) is 61.5 Å². The van der Waals surface area contributed by atoms with Crippen LogP contribution < -0.4 is 5.32 Å². The highest BCUT2D eigenvalue weighted by molar-refractivity contribution is 5.92. The molecule has 2 rings (SSSR count). The Morgan fingerprint density at radius 2 is 1.96 bits per heavy atom. The molecule has 0 radical (unpaired) electrons. The predicted octanol–water partition coefficient (Wildman–Crippen LogP) is 2.44. The standard InChI is InChI=1S/C20H26N2O3/c1-16-7-6-10-18(11-16)21-20(24)13-22(2)12-19(23)15-25-14-17-8-4-3-5-9-17/h3-11,19,23H,12-15H2,1-2H3,(H,21,24). The first-order valence-electron chi connectivity index (χ1n) is 8.37. The minimum atomic E-state index is -0.638. The fourth-order valence-electron chi connectivity index (χ4n) is 2.53. The molecule has 2 aromatic carbocycles. The molecule has 25 heavy (non-hydrogen) atoms. The second-order valence-electron chi connectivity index (χ2n) is 6.27. The molecule has 134 valence electrons. The SMILES string of the molecule is Cc1cccc(NC(=O)CN(C)CC(O)COCc2ccccc2)c1. The monoisotopic (exact) mass is 342 g/mol. The molecule has 5 heteroatoms. The quantitative estimate of drug-likeness (QED) is 0.735. The number of aryl methyl sites for hydroxylation is 1. The van der Waals surface area contributed by atoms with Crippen LogP contribution in [0.3, 0.4) is 0 Å². The van der Waals surface area contributed by atoms with Gasteiger partial charge in [0.05, 0.1) is 25.9 Å². The van der Waals surface area contributed by atoms with Gasteiger partial charge in [0.1, 0.15) is 0 Å². The molecular weight excluding hydrogens is 316 g/mol. The van der Waals surface area contributed by atoms with Gasteiger partial charge in [0.2, 0.25) is 5.91 Å². The van der Waals surface area contributed by atoms with Gasteiger partial charge >= 0.3 is 0 Å². The number of aliphatic hydroxyl groups is 1. The number of benzene rings is 2. The van der Waals surface area contributed by atoms with E-state index in [-0.39, 0.29) is 19.1 Å². The van der Waals surface area contributed by atoms with Crippen molar-refractivity contribution in [3.8, 4) is 0 Å². The predicted molar refractivity (Wildman–Crippen MR) is 99.4 cm³/mol. The summed E-state index contributed by atoms with van der Waals surface area (Å²) in [6.45, 7) is 3.27. The van der Waals surface area contributed by atoms with E-state index in [4.69, 9.17) is 4.74 Å². The largest absolute Gasteiger partial charge is 0.389 e. The number of carbonyl (C=O) groups is 1. The van der Waals surface area contributed by atoms with Crippen LogP contribution in [0.1, 0.15) is 11.1 Å². The Bertz CT molecular complexity index is 661. The first-order valence-corrected chi connectivity index (χ1v) is 8.37. The third-order valence-corrected chi connectivity index (χ3v) is 3.66. The van der Waals surface area contributed by atoms with Gasteiger partial charge in [-0.05, 0) is 37.2 Å². The molecule has 2 aromatic rings. The molecule has 0 aliphatic heterocycles. The number of aliphatic hydroxyl groups excluding tert-OH is 1. The summed E-state index contributed by atoms with van der Waals surface area (Å²) in [4.78, 5) is 13.8. The fraction of sp³-hybridized carbons (Fsp3) is 0.350. The van der Waals surface area contributed by atoms with Crippen molar-refractivity contribution < 1.29 is 14.6 Å². The highest BCUT2D eigenvalue weighted by Gasteiger charge is 2.12. The van der Waals surface area contributed by atoms with Gasteiger partial charge in [0, 0.05) is 12.2 Å². The molecule has 5 nitrogen and oxygen atoms in total. The number of amides is 1. The van der Waals surface area contributed by atoms with Crippen molar-refractivity contribution in [2.45, 2.75) is 19.6 Å². The van der Waals surface area contributed by atoms with E-state index in [0.29, 0.717) is 13.2 Å². The fourth-order valence-corrected chi connectivity index (χ4v) is 2.53. The summed E-state index contributed by atoms with van der Waals surface area (Å²) in [5.41, 5.74) is 2.95. The van der Waals surface area contributed by atoms with Crippen LogP contribution in [0.4, 0.5) is 5.69 Å². The minimum absolute atomic E-state index is 0.106. The van der Waals surface area contributed by atoms with E-state index >= 15 is 0 Å². The lowest BCUT2D eigenvalue weighted by Crippen LogP contribution is -2.37. The van der Waals surface area contributed by atoms with Crippen molar-refractivity contribution in [3.05, 3.63) is 65.7 Å². The molecule has 1 atom stereocenters. The lowest BCUT2D eigenvalue weighted by molar-refractivity contribution is -0.117. The Labute approximate surface area is 149 Å². The molecule has 0 aliphatic rings. The van der Waals surface area contributed by atoms with Gasteiger partial charge in [-0.3, -0.25) is 9.69 Å². The van der Waals surface area contributed by atoms with Crippen LogP contribution in [0.15, 0.2) is 54.6 Å². The number of carbonyl (C=O) groups excluding carboxylic acids is 1. The molecule has 1 unspecified atom stereocenters. The Morgan fingerprint density at radius 3 is 2.68 bits per heavy atom. The van der Waals surface area contributed by atoms with Crippen molar-refractivity contribution >= 4 is 11.6 Å². The first-order chi connectivity index (χ1) is 12.0. The summed E-state index contributed by atoms with van der Waals surface area (Å²) in [5.74, 6) is -0.106. The van der Waals surface area contributed by atoms with E-state index < -0.39 is 6.10 Å². The van der Waals surface area contributed by atoms with E-state index in [1.165, 1.54) is 0 Å². The van der Waals surface area contributed by atoms with Gasteiger partial charge in [-0.1, -0.05) is 42.5 Å². The van der Waals surface area contributed by atoms with E-state index in [1.54, 1.807) is 11.9 Å². The molecule has 0 saturated heterocycles. The van der Waals surface area contributed by atoms with Crippen molar-refractivity contribution in [1.29, 1.82) is 0 Å². The van der Waals surface area contributed by atoms with Gasteiger partial charge in [0.15, 0.2) is 0 Å². The second-order valence-corrected chi connectivity index (χ2v) is 6.27. The zero-order valence-electron chi connectivity index (χ0n) is 14.8. The zero-order valence-corrected chi connectivity index (χ0v) is 14.8. The maximum atomic E-state index is 12.0. The summed E-state index contributed by atoms with van der Waals surface area (Å²) >= 11 is 0. The molecule has 0 bridgehead atoms. The molecule has 1 amide bonds. The Hall–Kier alpha value is -2.21. The molecule has 0 saturated carbocycles. The number of anilines is 1. The summed E-state index contributed by atoms with van der Waals surface area (Å²) in [6.07, 6.45) is -0.638.